The molecule has 0 bridgehead atoms. The van der Waals surface area contributed by atoms with Gasteiger partial charge in [-0.1, -0.05) is 36.4 Å². The van der Waals surface area contributed by atoms with Crippen molar-refractivity contribution in [2.45, 2.75) is 52.1 Å². The van der Waals surface area contributed by atoms with E-state index in [1.165, 1.54) is 24.3 Å². The van der Waals surface area contributed by atoms with E-state index in [9.17, 15) is 22.4 Å². The van der Waals surface area contributed by atoms with Crippen molar-refractivity contribution in [3.8, 4) is 16.9 Å². The van der Waals surface area contributed by atoms with Crippen molar-refractivity contribution in [2.75, 3.05) is 6.61 Å². The highest BCUT2D eigenvalue weighted by atomic mass is 19.2. The summed E-state index contributed by atoms with van der Waals surface area (Å²) in [5.74, 6) is -8.95. The summed E-state index contributed by atoms with van der Waals surface area (Å²) in [7, 11) is 0. The Balaban J connectivity index is 1.47. The maximum absolute atomic E-state index is 15.1. The Hall–Kier alpha value is -4.01. The zero-order valence-electron chi connectivity index (χ0n) is 22.5. The highest BCUT2D eigenvalue weighted by Crippen LogP contribution is 2.36. The van der Waals surface area contributed by atoms with Crippen molar-refractivity contribution in [1.82, 2.24) is 0 Å². The minimum absolute atomic E-state index is 0.0653. The molecule has 3 aromatic carbocycles. The van der Waals surface area contributed by atoms with Gasteiger partial charge in [0.05, 0.1) is 12.2 Å². The number of benzene rings is 3. The van der Waals surface area contributed by atoms with Crippen LogP contribution in [0.5, 0.6) is 5.75 Å². The van der Waals surface area contributed by atoms with Crippen LogP contribution in [0, 0.1) is 34.9 Å². The molecule has 0 amide bonds. The van der Waals surface area contributed by atoms with E-state index in [1.54, 1.807) is 19.1 Å². The number of allylic oxidation sites excluding steroid dienone is 3. The third-order valence-corrected chi connectivity index (χ3v) is 6.90. The molecule has 9 heteroatoms. The van der Waals surface area contributed by atoms with Crippen molar-refractivity contribution in [3.63, 3.8) is 0 Å². The van der Waals surface area contributed by atoms with E-state index in [4.69, 9.17) is 9.47 Å². The number of esters is 1. The summed E-state index contributed by atoms with van der Waals surface area (Å²) in [5.41, 5.74) is -0.901. The van der Waals surface area contributed by atoms with E-state index in [1.807, 2.05) is 13.0 Å². The second-order valence-corrected chi connectivity index (χ2v) is 9.50. The van der Waals surface area contributed by atoms with Gasteiger partial charge in [0.15, 0.2) is 34.8 Å². The van der Waals surface area contributed by atoms with Gasteiger partial charge >= 0.3 is 5.97 Å². The molecule has 0 spiro atoms. The van der Waals surface area contributed by atoms with Crippen molar-refractivity contribution in [2.24, 2.45) is 0 Å². The summed E-state index contributed by atoms with van der Waals surface area (Å²) >= 11 is 0. The minimum atomic E-state index is -1.36. The summed E-state index contributed by atoms with van der Waals surface area (Å²) < 4.78 is 98.3. The predicted octanol–water partition coefficient (Wildman–Crippen LogP) is 8.89. The predicted molar refractivity (Wildman–Crippen MR) is 143 cm³/mol. The molecule has 0 heterocycles. The van der Waals surface area contributed by atoms with Gasteiger partial charge in [-0.25, -0.2) is 26.7 Å². The molecule has 1 atom stereocenters. The van der Waals surface area contributed by atoms with Crippen LogP contribution in [0.15, 0.2) is 54.6 Å². The first kappa shape index (κ1) is 30.0. The van der Waals surface area contributed by atoms with Crippen LogP contribution in [-0.4, -0.2) is 18.7 Å². The van der Waals surface area contributed by atoms with Gasteiger partial charge in [0, 0.05) is 23.1 Å². The zero-order valence-corrected chi connectivity index (χ0v) is 22.5. The van der Waals surface area contributed by atoms with E-state index in [0.29, 0.717) is 12.0 Å². The summed E-state index contributed by atoms with van der Waals surface area (Å²) in [5, 5.41) is 0. The Labute approximate surface area is 234 Å². The number of aryl methyl sites for hydroxylation is 1. The highest BCUT2D eigenvalue weighted by molar-refractivity contribution is 5.90. The van der Waals surface area contributed by atoms with Crippen LogP contribution in [0.3, 0.4) is 0 Å². The monoisotopic (exact) mass is 574 g/mol. The molecule has 0 N–H and O–H groups in total. The Kier molecular flexibility index (Phi) is 9.57. The average molecular weight is 575 g/mol. The van der Waals surface area contributed by atoms with Crippen molar-refractivity contribution in [3.05, 3.63) is 106 Å². The molecular formula is C32H28F6O3. The normalized spacial score (nSPS) is 15.2. The van der Waals surface area contributed by atoms with Gasteiger partial charge in [-0.05, 0) is 68.9 Å². The molecule has 4 rings (SSSR count). The van der Waals surface area contributed by atoms with Gasteiger partial charge in [0.25, 0.3) is 0 Å². The fraction of sp³-hybridized carbons (Fsp3) is 0.281. The molecule has 216 valence electrons. The van der Waals surface area contributed by atoms with E-state index in [-0.39, 0.29) is 49.2 Å². The van der Waals surface area contributed by atoms with Crippen LogP contribution in [0.4, 0.5) is 26.3 Å². The van der Waals surface area contributed by atoms with Gasteiger partial charge in [-0.3, -0.25) is 0 Å². The molecule has 0 aromatic heterocycles. The number of rotatable bonds is 9. The third kappa shape index (κ3) is 6.34. The van der Waals surface area contributed by atoms with E-state index in [0.717, 1.165) is 12.1 Å². The zero-order chi connectivity index (χ0) is 29.7. The van der Waals surface area contributed by atoms with Crippen LogP contribution < -0.4 is 4.74 Å². The summed E-state index contributed by atoms with van der Waals surface area (Å²) in [4.78, 5) is 12.6. The Morgan fingerprint density at radius 2 is 1.51 bits per heavy atom. The summed E-state index contributed by atoms with van der Waals surface area (Å²) in [6.07, 6.45) is 5.87. The first-order valence-electron chi connectivity index (χ1n) is 13.2. The smallest absolute Gasteiger partial charge is 0.341 e. The molecule has 3 aromatic rings. The van der Waals surface area contributed by atoms with Gasteiger partial charge in [0.1, 0.15) is 6.10 Å². The topological polar surface area (TPSA) is 35.5 Å². The van der Waals surface area contributed by atoms with Gasteiger partial charge in [0.2, 0.25) is 5.82 Å². The molecule has 0 radical (unpaired) electrons. The molecule has 0 saturated carbocycles. The number of carbonyl (C=O) groups excluding carboxylic acids is 1. The lowest BCUT2D eigenvalue weighted by Crippen LogP contribution is -2.21. The fourth-order valence-electron chi connectivity index (χ4n) is 4.73. The number of carbonyl (C=O) groups is 1. The maximum atomic E-state index is 15.1. The summed E-state index contributed by atoms with van der Waals surface area (Å²) in [6, 6.07) is 7.24. The van der Waals surface area contributed by atoms with Crippen LogP contribution >= 0.6 is 0 Å². The number of halogens is 6. The quantitative estimate of drug-likeness (QED) is 0.145. The van der Waals surface area contributed by atoms with E-state index >= 15 is 8.78 Å². The Bertz CT molecular complexity index is 1510. The lowest BCUT2D eigenvalue weighted by Gasteiger charge is -2.23. The van der Waals surface area contributed by atoms with Gasteiger partial charge in [-0.2, -0.15) is 4.39 Å². The first-order chi connectivity index (χ1) is 19.7. The van der Waals surface area contributed by atoms with Crippen LogP contribution in [0.2, 0.25) is 0 Å². The number of hydrogen-bond donors (Lipinski definition) is 0. The largest absolute Gasteiger partial charge is 0.491 e. The molecule has 41 heavy (non-hydrogen) atoms. The Morgan fingerprint density at radius 1 is 0.854 bits per heavy atom. The third-order valence-electron chi connectivity index (χ3n) is 6.90. The first-order valence-corrected chi connectivity index (χ1v) is 13.2. The van der Waals surface area contributed by atoms with E-state index < -0.39 is 63.7 Å². The standard InChI is InChI=1S/C32H28F6O3/c1-3-5-6-7-19-10-13-24(30(37)26(19)33)32(39)41-20-11-8-18(9-12-20)21-14-15-22(28(35)27(21)34)23-16-17-25(40-4-2)31(38)29(23)36/h3,5,8,10,13-17,20H,4,6-7,9,11-12H2,1-2H3. The second kappa shape index (κ2) is 13.1. The average Bonchev–Trinajstić information content (AvgIpc) is 2.96. The molecular weight excluding hydrogens is 546 g/mol. The fourth-order valence-corrected chi connectivity index (χ4v) is 4.73. The maximum Gasteiger partial charge on any atom is 0.341 e. The van der Waals surface area contributed by atoms with Gasteiger partial charge in [-0.15, -0.1) is 0 Å². The van der Waals surface area contributed by atoms with Crippen molar-refractivity contribution in [1.29, 1.82) is 0 Å². The number of hydrogen-bond acceptors (Lipinski definition) is 3. The second-order valence-electron chi connectivity index (χ2n) is 9.50. The number of ether oxygens (including phenoxy) is 2. The molecule has 1 unspecified atom stereocenters. The van der Waals surface area contributed by atoms with Crippen LogP contribution in [0.1, 0.15) is 61.0 Å². The van der Waals surface area contributed by atoms with Crippen molar-refractivity contribution < 1.29 is 40.6 Å². The minimum Gasteiger partial charge on any atom is -0.491 e. The Morgan fingerprint density at radius 3 is 2.17 bits per heavy atom. The van der Waals surface area contributed by atoms with Crippen LogP contribution in [-0.2, 0) is 11.2 Å². The van der Waals surface area contributed by atoms with E-state index in [2.05, 4.69) is 0 Å². The lowest BCUT2D eigenvalue weighted by molar-refractivity contribution is 0.0278. The van der Waals surface area contributed by atoms with Crippen LogP contribution in [0.25, 0.3) is 16.7 Å². The molecule has 3 nitrogen and oxygen atoms in total. The highest BCUT2D eigenvalue weighted by Gasteiger charge is 2.27. The molecule has 0 saturated heterocycles. The molecule has 1 aliphatic carbocycles. The SMILES string of the molecule is CC=CCCc1ccc(C(=O)OC2CC=C(c3ccc(-c4ccc(OCC)c(F)c4F)c(F)c3F)CC2)c(F)c1F. The summed E-state index contributed by atoms with van der Waals surface area (Å²) in [6.45, 7) is 3.51. The lowest BCUT2D eigenvalue weighted by atomic mass is 9.90. The van der Waals surface area contributed by atoms with Gasteiger partial charge < -0.3 is 9.47 Å². The molecule has 1 aliphatic rings. The molecule has 0 aliphatic heterocycles. The van der Waals surface area contributed by atoms with Crippen molar-refractivity contribution >= 4 is 11.5 Å². The molecule has 0 fully saturated rings.